The number of nitrogens with zero attached hydrogens (tertiary/aromatic N) is 1. The molecule has 22 nitrogen and oxygen atoms in total. The molecule has 0 amide bonds. The van der Waals surface area contributed by atoms with Crippen molar-refractivity contribution >= 4 is 47.8 Å². The maximum atomic E-state index is 13.7. The standard InChI is InChI=1S/C55H75NO21/c1-23(2)45(57)70-36-38(72-47(59)25(5)6)42(74-49(61)27(9)10)53(76-40(36)51(63)65-14)67-32-18-16-29-22-31-30-17-19-33(44-55(30,20-21-56(31)13)34(29)35(32)69-44)68-54-43(75-50(62)28(11)12)39(73-48(60)26(7)8)37(71-46(58)24(3)4)41(77-54)52(64)66-15/h16-19,23-28,30-31,33,36-44,53-54H,20-22H2,1-15H3/t30-,31+,33-,36-,37-,38-,39-,40-,41-,42+,43+,44-,53+,54+,55-/m0/s1. The molecule has 77 heavy (non-hydrogen) atoms. The Kier molecular flexibility index (Phi) is 18.1. The van der Waals surface area contributed by atoms with Crippen molar-refractivity contribution in [3.63, 3.8) is 0 Å². The van der Waals surface area contributed by atoms with Crippen molar-refractivity contribution in [2.75, 3.05) is 27.8 Å². The van der Waals surface area contributed by atoms with Gasteiger partial charge >= 0.3 is 47.8 Å². The number of hydrogen-bond donors (Lipinski definition) is 0. The van der Waals surface area contributed by atoms with Crippen LogP contribution in [0.2, 0.25) is 0 Å². The van der Waals surface area contributed by atoms with Crippen LogP contribution in [0, 0.1) is 41.4 Å². The van der Waals surface area contributed by atoms with Gasteiger partial charge < -0.3 is 66.5 Å². The summed E-state index contributed by atoms with van der Waals surface area (Å²) >= 11 is 0. The molecule has 22 heteroatoms. The molecule has 3 saturated heterocycles. The molecule has 15 atom stereocenters. The fraction of sp³-hybridized carbons (Fsp3) is 0.709. The predicted octanol–water partition coefficient (Wildman–Crippen LogP) is 4.10. The Balaban J connectivity index is 1.34. The van der Waals surface area contributed by atoms with Crippen LogP contribution in [-0.2, 0) is 102 Å². The van der Waals surface area contributed by atoms with Crippen molar-refractivity contribution in [1.82, 2.24) is 4.90 Å². The van der Waals surface area contributed by atoms with E-state index < -0.39 is 162 Å². The Labute approximate surface area is 448 Å². The molecule has 3 fully saturated rings. The van der Waals surface area contributed by atoms with Crippen molar-refractivity contribution in [2.24, 2.45) is 41.4 Å². The van der Waals surface area contributed by atoms with E-state index in [1.54, 1.807) is 95.2 Å². The Morgan fingerprint density at radius 2 is 0.974 bits per heavy atom. The van der Waals surface area contributed by atoms with Crippen LogP contribution in [0.4, 0.5) is 0 Å². The lowest BCUT2D eigenvalue weighted by Gasteiger charge is -2.57. The van der Waals surface area contributed by atoms with E-state index in [4.69, 9.17) is 61.6 Å². The zero-order chi connectivity index (χ0) is 56.7. The van der Waals surface area contributed by atoms with E-state index in [0.29, 0.717) is 19.4 Å². The summed E-state index contributed by atoms with van der Waals surface area (Å²) in [7, 11) is 4.25. The van der Waals surface area contributed by atoms with Gasteiger partial charge in [-0.1, -0.05) is 101 Å². The molecule has 4 heterocycles. The monoisotopic (exact) mass is 1090 g/mol. The van der Waals surface area contributed by atoms with E-state index in [9.17, 15) is 38.4 Å². The van der Waals surface area contributed by atoms with E-state index >= 15 is 0 Å². The molecule has 2 aliphatic carbocycles. The number of carbonyl (C=O) groups excluding carboxylic acids is 8. The summed E-state index contributed by atoms with van der Waals surface area (Å²) in [6, 6.07) is 3.52. The lowest BCUT2D eigenvalue weighted by Crippen LogP contribution is -2.67. The van der Waals surface area contributed by atoms with Crippen molar-refractivity contribution in [3.05, 3.63) is 35.4 Å². The average Bonchev–Trinajstić information content (AvgIpc) is 3.99. The van der Waals surface area contributed by atoms with Gasteiger partial charge in [0, 0.05) is 22.9 Å². The molecule has 0 radical (unpaired) electrons. The summed E-state index contributed by atoms with van der Waals surface area (Å²) in [5.74, 6) is -10.8. The van der Waals surface area contributed by atoms with Gasteiger partial charge in [-0.15, -0.1) is 0 Å². The average molecular weight is 1090 g/mol. The number of methoxy groups -OCH3 is 2. The number of benzene rings is 1. The molecule has 0 saturated carbocycles. The maximum Gasteiger partial charge on any atom is 0.339 e. The van der Waals surface area contributed by atoms with Crippen molar-refractivity contribution < 1.29 is 99.9 Å². The highest BCUT2D eigenvalue weighted by Crippen LogP contribution is 2.63. The molecule has 7 rings (SSSR count). The third kappa shape index (κ3) is 11.5. The van der Waals surface area contributed by atoms with Crippen LogP contribution in [0.25, 0.3) is 0 Å². The van der Waals surface area contributed by atoms with Crippen LogP contribution in [0.5, 0.6) is 11.5 Å². The summed E-state index contributed by atoms with van der Waals surface area (Å²) in [6.07, 6.45) is -13.9. The van der Waals surface area contributed by atoms with Gasteiger partial charge in [0.1, 0.15) is 12.2 Å². The Morgan fingerprint density at radius 1 is 0.558 bits per heavy atom. The fourth-order valence-corrected chi connectivity index (χ4v) is 10.5. The van der Waals surface area contributed by atoms with Crippen LogP contribution in [0.1, 0.15) is 101 Å². The van der Waals surface area contributed by atoms with E-state index in [0.717, 1.165) is 25.3 Å². The summed E-state index contributed by atoms with van der Waals surface area (Å²) < 4.78 is 79.7. The first-order valence-electron chi connectivity index (χ1n) is 26.5. The second-order valence-corrected chi connectivity index (χ2v) is 22.4. The number of esters is 8. The molecular weight excluding hydrogens is 1010 g/mol. The summed E-state index contributed by atoms with van der Waals surface area (Å²) in [5, 5.41) is 0. The molecule has 1 aromatic rings. The highest BCUT2D eigenvalue weighted by atomic mass is 16.8. The first kappa shape index (κ1) is 58.8. The molecule has 0 N–H and O–H groups in total. The minimum atomic E-state index is -1.76. The topological polar surface area (TPSA) is 260 Å². The Morgan fingerprint density at radius 3 is 1.42 bits per heavy atom. The smallest absolute Gasteiger partial charge is 0.339 e. The van der Waals surface area contributed by atoms with Crippen molar-refractivity contribution in [1.29, 1.82) is 0 Å². The largest absolute Gasteiger partial charge is 0.482 e. The minimum Gasteiger partial charge on any atom is -0.482 e. The lowest BCUT2D eigenvalue weighted by molar-refractivity contribution is -0.314. The van der Waals surface area contributed by atoms with E-state index in [2.05, 4.69) is 4.90 Å². The fourth-order valence-electron chi connectivity index (χ4n) is 10.5. The Hall–Kier alpha value is -5.84. The zero-order valence-corrected chi connectivity index (χ0v) is 46.5. The van der Waals surface area contributed by atoms with Crippen LogP contribution in [0.3, 0.4) is 0 Å². The molecule has 6 aliphatic rings. The number of carbonyl (C=O) groups is 8. The summed E-state index contributed by atoms with van der Waals surface area (Å²) in [4.78, 5) is 111. The zero-order valence-electron chi connectivity index (χ0n) is 46.5. The maximum absolute atomic E-state index is 13.7. The molecule has 2 bridgehead atoms. The summed E-state index contributed by atoms with van der Waals surface area (Å²) in [6.45, 7) is 19.6. The number of likely N-dealkylation sites (N-methyl/N-ethyl adjacent to an activating group) is 1. The van der Waals surface area contributed by atoms with Gasteiger partial charge in [0.05, 0.1) is 49.7 Å². The number of likely N-dealkylation sites (tertiary alicyclic amines) is 1. The number of hydrogen-bond acceptors (Lipinski definition) is 22. The molecule has 0 unspecified atom stereocenters. The number of piperidine rings is 1. The van der Waals surface area contributed by atoms with Crippen LogP contribution in [-0.4, -0.2) is 160 Å². The van der Waals surface area contributed by atoms with Crippen LogP contribution in [0.15, 0.2) is 24.3 Å². The van der Waals surface area contributed by atoms with Gasteiger partial charge in [-0.3, -0.25) is 28.8 Å². The van der Waals surface area contributed by atoms with Crippen molar-refractivity contribution in [3.8, 4) is 11.5 Å². The molecule has 4 aliphatic heterocycles. The summed E-state index contributed by atoms with van der Waals surface area (Å²) in [5.41, 5.74) is 0.841. The lowest BCUT2D eigenvalue weighted by atomic mass is 9.53. The van der Waals surface area contributed by atoms with E-state index in [1.807, 2.05) is 19.2 Å². The molecule has 0 aromatic heterocycles. The second kappa shape index (κ2) is 23.6. The molecule has 1 aromatic carbocycles. The van der Waals surface area contributed by atoms with Crippen LogP contribution < -0.4 is 9.47 Å². The van der Waals surface area contributed by atoms with Gasteiger partial charge in [-0.25, -0.2) is 9.59 Å². The Bertz CT molecular complexity index is 2450. The highest BCUT2D eigenvalue weighted by molar-refractivity contribution is 5.80. The normalized spacial score (nSPS) is 32.0. The predicted molar refractivity (Wildman–Crippen MR) is 265 cm³/mol. The van der Waals surface area contributed by atoms with Crippen molar-refractivity contribution in [2.45, 2.75) is 181 Å². The van der Waals surface area contributed by atoms with Gasteiger partial charge in [0.25, 0.3) is 0 Å². The number of ether oxygens (including phenoxy) is 13. The van der Waals surface area contributed by atoms with Gasteiger partial charge in [0.2, 0.25) is 18.7 Å². The van der Waals surface area contributed by atoms with Gasteiger partial charge in [0.15, 0.2) is 54.2 Å². The third-order valence-corrected chi connectivity index (χ3v) is 14.8. The second-order valence-electron chi connectivity index (χ2n) is 22.4. The van der Waals surface area contributed by atoms with E-state index in [-0.39, 0.29) is 23.5 Å². The molecule has 1 spiro atoms. The van der Waals surface area contributed by atoms with Gasteiger partial charge in [-0.2, -0.15) is 0 Å². The first-order chi connectivity index (χ1) is 36.2. The quantitative estimate of drug-likeness (QED) is 0.114. The van der Waals surface area contributed by atoms with Crippen LogP contribution >= 0.6 is 0 Å². The number of rotatable bonds is 18. The molecule has 426 valence electrons. The minimum absolute atomic E-state index is 0.0212. The first-order valence-corrected chi connectivity index (χ1v) is 26.5. The van der Waals surface area contributed by atoms with Gasteiger partial charge in [-0.05, 0) is 38.1 Å². The molecular formula is C55H75NO21. The van der Waals surface area contributed by atoms with E-state index in [1.165, 1.54) is 0 Å². The highest BCUT2D eigenvalue weighted by Gasteiger charge is 2.67. The third-order valence-electron chi connectivity index (χ3n) is 14.8. The SMILES string of the molecule is COC(=O)[C@H]1O[C@@H](Oc2ccc3c4c2O[C@H]2[C@@H](O[C@@H]5O[C@H](C(=O)OC)[C@@H](OC(=O)C(C)C)[C@H](OC(=O)C(C)C)[C@H]5OC(=O)C(C)C)C=C[C@H]5[C@@H](C3)N(C)CC[C@@]452)[C@H](OC(=O)C(C)C)[C@@H](OC(=O)C(C)C)[C@@H]1OC(=O)C(C)C.